The Kier molecular flexibility index (Phi) is 5.17. The van der Waals surface area contributed by atoms with E-state index >= 15 is 0 Å². The molecule has 1 amide bonds. The highest BCUT2D eigenvalue weighted by Gasteiger charge is 2.18. The number of hydrogen-bond donors (Lipinski definition) is 1. The third-order valence-electron chi connectivity index (χ3n) is 6.46. The van der Waals surface area contributed by atoms with Crippen molar-refractivity contribution in [1.29, 1.82) is 0 Å². The van der Waals surface area contributed by atoms with Crippen molar-refractivity contribution < 1.29 is 9.53 Å². The van der Waals surface area contributed by atoms with E-state index < -0.39 is 0 Å². The Morgan fingerprint density at radius 2 is 1.97 bits per heavy atom. The number of nitrogens with one attached hydrogen (secondary N) is 1. The van der Waals surface area contributed by atoms with Crippen molar-refractivity contribution in [1.82, 2.24) is 29.5 Å². The average molecular weight is 457 g/mol. The van der Waals surface area contributed by atoms with Crippen molar-refractivity contribution in [3.05, 3.63) is 60.2 Å². The number of ether oxygens (including phenoxy) is 1. The molecule has 5 heterocycles. The Labute approximate surface area is 196 Å². The third kappa shape index (κ3) is 3.66. The summed E-state index contributed by atoms with van der Waals surface area (Å²) < 4.78 is 7.54. The van der Waals surface area contributed by atoms with Gasteiger partial charge in [-0.25, -0.2) is 9.97 Å². The maximum absolute atomic E-state index is 10.9. The van der Waals surface area contributed by atoms with Gasteiger partial charge < -0.3 is 19.9 Å². The van der Waals surface area contributed by atoms with Crippen LogP contribution in [0.5, 0.6) is 5.75 Å². The smallest absolute Gasteiger partial charge is 0.210 e. The zero-order valence-electron chi connectivity index (χ0n) is 18.6. The number of piperazine rings is 1. The number of aromatic nitrogens is 5. The minimum atomic E-state index is 0.639. The molecule has 0 atom stereocenters. The molecule has 0 saturated carbocycles. The molecule has 10 nitrogen and oxygen atoms in total. The van der Waals surface area contributed by atoms with Crippen LogP contribution >= 0.6 is 0 Å². The van der Waals surface area contributed by atoms with Gasteiger partial charge in [-0.1, -0.05) is 12.1 Å². The van der Waals surface area contributed by atoms with E-state index in [-0.39, 0.29) is 0 Å². The first-order valence-corrected chi connectivity index (χ1v) is 11.4. The summed E-state index contributed by atoms with van der Waals surface area (Å²) in [5.74, 6) is 2.55. The zero-order chi connectivity index (χ0) is 22.9. The van der Waals surface area contributed by atoms with Crippen molar-refractivity contribution in [2.24, 2.45) is 0 Å². The van der Waals surface area contributed by atoms with Gasteiger partial charge in [0.15, 0.2) is 5.65 Å². The first-order valence-electron chi connectivity index (χ1n) is 11.4. The van der Waals surface area contributed by atoms with Crippen LogP contribution in [0.4, 0.5) is 11.8 Å². The van der Waals surface area contributed by atoms with Gasteiger partial charge in [-0.15, -0.1) is 10.2 Å². The van der Waals surface area contributed by atoms with Crippen LogP contribution in [-0.4, -0.2) is 68.7 Å². The van der Waals surface area contributed by atoms with Crippen molar-refractivity contribution in [3.8, 4) is 16.9 Å². The lowest BCUT2D eigenvalue weighted by Crippen LogP contribution is -2.45. The number of benzene rings is 1. The number of hydrogen-bond acceptors (Lipinski definition) is 8. The van der Waals surface area contributed by atoms with E-state index in [1.54, 1.807) is 11.2 Å². The van der Waals surface area contributed by atoms with Crippen LogP contribution in [0.1, 0.15) is 11.1 Å². The normalized spacial score (nSPS) is 15.3. The van der Waals surface area contributed by atoms with E-state index in [1.807, 2.05) is 41.1 Å². The molecule has 1 fully saturated rings. The maximum atomic E-state index is 10.9. The highest BCUT2D eigenvalue weighted by atomic mass is 16.5. The van der Waals surface area contributed by atoms with Gasteiger partial charge in [-0.3, -0.25) is 9.20 Å². The molecule has 4 aromatic rings. The number of fused-ring (bicyclic) bond motifs is 2. The highest BCUT2D eigenvalue weighted by Crippen LogP contribution is 2.29. The van der Waals surface area contributed by atoms with Crippen molar-refractivity contribution in [2.45, 2.75) is 13.0 Å². The summed E-state index contributed by atoms with van der Waals surface area (Å²) in [5, 5.41) is 11.9. The Bertz CT molecular complexity index is 1330. The summed E-state index contributed by atoms with van der Waals surface area (Å²) in [5.41, 5.74) is 4.96. The third-order valence-corrected chi connectivity index (χ3v) is 6.46. The second-order valence-corrected chi connectivity index (χ2v) is 8.40. The van der Waals surface area contributed by atoms with Crippen LogP contribution in [0.15, 0.2) is 49.1 Å². The standard InChI is InChI=1S/C24H24N8O2/c33-16-30-7-9-31(10-8-30)22-5-4-18(12-25-22)20-14-27-24(32-15-28-29-23(20)32)26-13-17-2-1-3-21-19(17)6-11-34-21/h1-5,12,14-16H,6-11,13H2,(H,26,27). The van der Waals surface area contributed by atoms with Crippen molar-refractivity contribution in [3.63, 3.8) is 0 Å². The summed E-state index contributed by atoms with van der Waals surface area (Å²) in [7, 11) is 0. The summed E-state index contributed by atoms with van der Waals surface area (Å²) in [6.07, 6.45) is 7.15. The molecule has 0 radical (unpaired) electrons. The maximum Gasteiger partial charge on any atom is 0.210 e. The number of pyridine rings is 1. The van der Waals surface area contributed by atoms with Gasteiger partial charge in [-0.2, -0.15) is 0 Å². The monoisotopic (exact) mass is 456 g/mol. The zero-order valence-corrected chi connectivity index (χ0v) is 18.6. The molecule has 2 aliphatic heterocycles. The molecule has 0 spiro atoms. The van der Waals surface area contributed by atoms with Gasteiger partial charge in [0.2, 0.25) is 12.4 Å². The lowest BCUT2D eigenvalue weighted by Gasteiger charge is -2.33. The molecule has 1 aromatic carbocycles. The van der Waals surface area contributed by atoms with Crippen LogP contribution < -0.4 is 15.0 Å². The van der Waals surface area contributed by atoms with Crippen LogP contribution in [0.2, 0.25) is 0 Å². The topological polar surface area (TPSA) is 101 Å². The van der Waals surface area contributed by atoms with Gasteiger partial charge >= 0.3 is 0 Å². The number of nitrogens with zero attached hydrogens (tertiary/aromatic N) is 7. The summed E-state index contributed by atoms with van der Waals surface area (Å²) in [6.45, 7) is 4.35. The fourth-order valence-electron chi connectivity index (χ4n) is 4.58. The van der Waals surface area contributed by atoms with Crippen LogP contribution in [0, 0.1) is 0 Å². The SMILES string of the molecule is O=CN1CCN(c2ccc(-c3cnc(NCc4cccc5c4CCO5)n4cnnc34)cn2)CC1. The minimum Gasteiger partial charge on any atom is -0.493 e. The molecule has 0 aliphatic carbocycles. The summed E-state index contributed by atoms with van der Waals surface area (Å²) in [6, 6.07) is 10.2. The number of rotatable bonds is 6. The Hall–Kier alpha value is -4.21. The molecule has 2 aliphatic rings. The lowest BCUT2D eigenvalue weighted by molar-refractivity contribution is -0.118. The van der Waals surface area contributed by atoms with Crippen LogP contribution in [-0.2, 0) is 17.8 Å². The lowest BCUT2D eigenvalue weighted by atomic mass is 10.1. The van der Waals surface area contributed by atoms with E-state index in [9.17, 15) is 4.79 Å². The van der Waals surface area contributed by atoms with Crippen molar-refractivity contribution in [2.75, 3.05) is 43.0 Å². The molecule has 10 heteroatoms. The summed E-state index contributed by atoms with van der Waals surface area (Å²) in [4.78, 5) is 24.2. The minimum absolute atomic E-state index is 0.639. The number of carbonyl (C=O) groups excluding carboxylic acids is 1. The quantitative estimate of drug-likeness (QED) is 0.440. The fraction of sp³-hybridized carbons (Fsp3) is 0.292. The molecule has 0 unspecified atom stereocenters. The van der Waals surface area contributed by atoms with Crippen LogP contribution in [0.3, 0.4) is 0 Å². The Balaban J connectivity index is 1.22. The molecule has 0 bridgehead atoms. The number of carbonyl (C=O) groups is 1. The largest absolute Gasteiger partial charge is 0.493 e. The van der Waals surface area contributed by atoms with E-state index in [0.29, 0.717) is 31.2 Å². The average Bonchev–Trinajstić information content (AvgIpc) is 3.58. The van der Waals surface area contributed by atoms with Gasteiger partial charge in [-0.05, 0) is 23.8 Å². The van der Waals surface area contributed by atoms with Gasteiger partial charge in [0.25, 0.3) is 0 Å². The first kappa shape index (κ1) is 20.4. The Morgan fingerprint density at radius 1 is 1.06 bits per heavy atom. The van der Waals surface area contributed by atoms with Gasteiger partial charge in [0, 0.05) is 68.2 Å². The van der Waals surface area contributed by atoms with E-state index in [1.165, 1.54) is 11.1 Å². The van der Waals surface area contributed by atoms with E-state index in [4.69, 9.17) is 4.74 Å². The number of amides is 1. The molecular weight excluding hydrogens is 432 g/mol. The fourth-order valence-corrected chi connectivity index (χ4v) is 4.58. The van der Waals surface area contributed by atoms with Crippen LogP contribution in [0.25, 0.3) is 16.8 Å². The molecule has 34 heavy (non-hydrogen) atoms. The molecular formula is C24H24N8O2. The van der Waals surface area contributed by atoms with Gasteiger partial charge in [0.1, 0.15) is 17.9 Å². The second-order valence-electron chi connectivity index (χ2n) is 8.40. The molecule has 1 saturated heterocycles. The first-order chi connectivity index (χ1) is 16.8. The predicted molar refractivity (Wildman–Crippen MR) is 127 cm³/mol. The summed E-state index contributed by atoms with van der Waals surface area (Å²) >= 11 is 0. The van der Waals surface area contributed by atoms with E-state index in [0.717, 1.165) is 55.2 Å². The second kappa shape index (κ2) is 8.62. The highest BCUT2D eigenvalue weighted by molar-refractivity contribution is 5.77. The van der Waals surface area contributed by atoms with Crippen molar-refractivity contribution >= 4 is 23.8 Å². The molecule has 6 rings (SSSR count). The van der Waals surface area contributed by atoms with E-state index in [2.05, 4.69) is 36.4 Å². The molecule has 1 N–H and O–H groups in total. The molecule has 172 valence electrons. The Morgan fingerprint density at radius 3 is 2.79 bits per heavy atom. The number of anilines is 2. The van der Waals surface area contributed by atoms with Gasteiger partial charge in [0.05, 0.1) is 6.61 Å². The predicted octanol–water partition coefficient (Wildman–Crippen LogP) is 2.01. The molecule has 3 aromatic heterocycles.